The van der Waals surface area contributed by atoms with Gasteiger partial charge in [0.1, 0.15) is 0 Å². The summed E-state index contributed by atoms with van der Waals surface area (Å²) in [5, 5.41) is 0.518. The normalized spacial score (nSPS) is 16.7. The van der Waals surface area contributed by atoms with Gasteiger partial charge >= 0.3 is 5.69 Å². The van der Waals surface area contributed by atoms with Gasteiger partial charge in [0.2, 0.25) is 5.78 Å². The molecular weight excluding hydrogens is 418 g/mol. The van der Waals surface area contributed by atoms with Gasteiger partial charge in [0, 0.05) is 30.1 Å². The topological polar surface area (TPSA) is 75.5 Å². The minimum absolute atomic E-state index is 0.100. The van der Waals surface area contributed by atoms with Gasteiger partial charge < -0.3 is 9.30 Å². The minimum atomic E-state index is -0.418. The van der Waals surface area contributed by atoms with E-state index in [1.54, 1.807) is 13.1 Å². The van der Waals surface area contributed by atoms with Crippen molar-refractivity contribution in [2.75, 3.05) is 6.61 Å². The molecule has 0 saturated carbocycles. The molecule has 1 aromatic carbocycles. The standard InChI is InChI=1S/C22H24ClN5O3/c1-13-14(2)28-18-19(24-21(28)26(13)12-16-8-6-10-31-16)25(3)22(30)27(20(18)29)11-15-7-4-5-9-17(15)23/h4-5,7,9,16H,6,8,10-12H2,1-3H3/t16-/m0/s1. The number of fused-ring (bicyclic) bond motifs is 3. The molecule has 3 aromatic heterocycles. The van der Waals surface area contributed by atoms with Gasteiger partial charge in [-0.2, -0.15) is 4.98 Å². The maximum Gasteiger partial charge on any atom is 0.332 e. The highest BCUT2D eigenvalue weighted by molar-refractivity contribution is 6.31. The molecule has 0 N–H and O–H groups in total. The fourth-order valence-electron chi connectivity index (χ4n) is 4.46. The van der Waals surface area contributed by atoms with Crippen molar-refractivity contribution in [2.24, 2.45) is 7.05 Å². The molecule has 0 radical (unpaired) electrons. The molecule has 1 aliphatic heterocycles. The number of hydrogen-bond donors (Lipinski definition) is 0. The first-order chi connectivity index (χ1) is 14.9. The molecule has 0 amide bonds. The van der Waals surface area contributed by atoms with Crippen molar-refractivity contribution in [3.05, 3.63) is 67.1 Å². The zero-order valence-electron chi connectivity index (χ0n) is 17.8. The Labute approximate surface area is 183 Å². The van der Waals surface area contributed by atoms with Gasteiger partial charge in [-0.1, -0.05) is 29.8 Å². The van der Waals surface area contributed by atoms with Crippen LogP contribution in [0.4, 0.5) is 0 Å². The maximum atomic E-state index is 13.5. The van der Waals surface area contributed by atoms with E-state index in [1.807, 2.05) is 36.4 Å². The SMILES string of the molecule is Cc1c(C)n2c3c(=O)n(Cc4ccccc4Cl)c(=O)n(C)c3nc2n1C[C@@H]1CCCO1. The van der Waals surface area contributed by atoms with Crippen molar-refractivity contribution in [1.82, 2.24) is 23.1 Å². The lowest BCUT2D eigenvalue weighted by atomic mass is 10.2. The number of aryl methyl sites for hydroxylation is 2. The van der Waals surface area contributed by atoms with E-state index in [2.05, 4.69) is 4.57 Å². The fourth-order valence-corrected chi connectivity index (χ4v) is 4.66. The highest BCUT2D eigenvalue weighted by Crippen LogP contribution is 2.23. The molecule has 5 rings (SSSR count). The second-order valence-electron chi connectivity index (χ2n) is 8.16. The van der Waals surface area contributed by atoms with Crippen molar-refractivity contribution < 1.29 is 4.74 Å². The van der Waals surface area contributed by atoms with Gasteiger partial charge in [-0.15, -0.1) is 0 Å². The number of imidazole rings is 2. The van der Waals surface area contributed by atoms with E-state index in [4.69, 9.17) is 21.3 Å². The van der Waals surface area contributed by atoms with E-state index in [1.165, 1.54) is 9.13 Å². The molecule has 1 aliphatic rings. The van der Waals surface area contributed by atoms with Crippen LogP contribution in [0.1, 0.15) is 29.8 Å². The lowest BCUT2D eigenvalue weighted by Gasteiger charge is -2.12. The molecule has 4 heterocycles. The molecule has 0 bridgehead atoms. The predicted molar refractivity (Wildman–Crippen MR) is 119 cm³/mol. The summed E-state index contributed by atoms with van der Waals surface area (Å²) in [6.45, 7) is 5.54. The Bertz CT molecular complexity index is 1440. The number of ether oxygens (including phenoxy) is 1. The molecule has 0 unspecified atom stereocenters. The largest absolute Gasteiger partial charge is 0.376 e. The number of aromatic nitrogens is 5. The smallest absolute Gasteiger partial charge is 0.332 e. The molecule has 4 aromatic rings. The van der Waals surface area contributed by atoms with E-state index >= 15 is 0 Å². The summed E-state index contributed by atoms with van der Waals surface area (Å²) < 4.78 is 12.4. The van der Waals surface area contributed by atoms with E-state index in [0.717, 1.165) is 30.8 Å². The lowest BCUT2D eigenvalue weighted by Crippen LogP contribution is -2.39. The third kappa shape index (κ3) is 3.04. The summed E-state index contributed by atoms with van der Waals surface area (Å²) in [5.74, 6) is 0.656. The Morgan fingerprint density at radius 3 is 2.65 bits per heavy atom. The lowest BCUT2D eigenvalue weighted by molar-refractivity contribution is 0.0974. The summed E-state index contributed by atoms with van der Waals surface area (Å²) >= 11 is 6.28. The van der Waals surface area contributed by atoms with Crippen molar-refractivity contribution in [2.45, 2.75) is 45.9 Å². The van der Waals surface area contributed by atoms with Crippen molar-refractivity contribution in [3.63, 3.8) is 0 Å². The van der Waals surface area contributed by atoms with Crippen LogP contribution in [-0.4, -0.2) is 35.8 Å². The van der Waals surface area contributed by atoms with Gasteiger partial charge in [0.25, 0.3) is 5.56 Å². The summed E-state index contributed by atoms with van der Waals surface area (Å²) in [6, 6.07) is 7.23. The zero-order chi connectivity index (χ0) is 21.9. The summed E-state index contributed by atoms with van der Waals surface area (Å²) in [4.78, 5) is 31.3. The molecule has 9 heteroatoms. The molecule has 1 atom stereocenters. The number of nitrogens with zero attached hydrogens (tertiary/aromatic N) is 5. The highest BCUT2D eigenvalue weighted by Gasteiger charge is 2.25. The van der Waals surface area contributed by atoms with E-state index in [-0.39, 0.29) is 18.2 Å². The third-order valence-corrected chi connectivity index (χ3v) is 6.70. The molecule has 0 spiro atoms. The van der Waals surface area contributed by atoms with Crippen LogP contribution < -0.4 is 11.2 Å². The van der Waals surface area contributed by atoms with Crippen LogP contribution in [0.25, 0.3) is 16.9 Å². The monoisotopic (exact) mass is 441 g/mol. The number of rotatable bonds is 4. The Morgan fingerprint density at radius 1 is 1.16 bits per heavy atom. The summed E-state index contributed by atoms with van der Waals surface area (Å²) in [7, 11) is 1.65. The van der Waals surface area contributed by atoms with Gasteiger partial charge in [-0.05, 0) is 38.3 Å². The fraction of sp³-hybridized carbons (Fsp3) is 0.409. The highest BCUT2D eigenvalue weighted by atomic mass is 35.5. The van der Waals surface area contributed by atoms with E-state index in [0.29, 0.717) is 34.1 Å². The second-order valence-corrected chi connectivity index (χ2v) is 8.57. The average molecular weight is 442 g/mol. The summed E-state index contributed by atoms with van der Waals surface area (Å²) in [6.07, 6.45) is 2.19. The van der Waals surface area contributed by atoms with Crippen LogP contribution in [-0.2, 0) is 24.9 Å². The van der Waals surface area contributed by atoms with Gasteiger partial charge in [-0.25, -0.2) is 4.79 Å². The first-order valence-corrected chi connectivity index (χ1v) is 10.8. The maximum absolute atomic E-state index is 13.5. The van der Waals surface area contributed by atoms with Gasteiger partial charge in [0.15, 0.2) is 11.2 Å². The van der Waals surface area contributed by atoms with Crippen molar-refractivity contribution >= 4 is 28.5 Å². The van der Waals surface area contributed by atoms with Gasteiger partial charge in [0.05, 0.1) is 19.2 Å². The van der Waals surface area contributed by atoms with Crippen molar-refractivity contribution in [3.8, 4) is 0 Å². The minimum Gasteiger partial charge on any atom is -0.376 e. The van der Waals surface area contributed by atoms with E-state index < -0.39 is 5.69 Å². The molecule has 162 valence electrons. The molecule has 31 heavy (non-hydrogen) atoms. The van der Waals surface area contributed by atoms with Crippen LogP contribution in [0.15, 0.2) is 33.9 Å². The average Bonchev–Trinajstić information content (AvgIpc) is 3.46. The second kappa shape index (κ2) is 7.39. The molecule has 0 aliphatic carbocycles. The summed E-state index contributed by atoms with van der Waals surface area (Å²) in [5.41, 5.74) is 2.66. The Hall–Kier alpha value is -2.84. The Balaban J connectivity index is 1.75. The van der Waals surface area contributed by atoms with E-state index in [9.17, 15) is 9.59 Å². The number of hydrogen-bond acceptors (Lipinski definition) is 4. The quantitative estimate of drug-likeness (QED) is 0.488. The number of halogens is 1. The van der Waals surface area contributed by atoms with Gasteiger partial charge in [-0.3, -0.25) is 18.3 Å². The first-order valence-electron chi connectivity index (χ1n) is 10.4. The van der Waals surface area contributed by atoms with Crippen LogP contribution in [0.5, 0.6) is 0 Å². The van der Waals surface area contributed by atoms with Crippen molar-refractivity contribution in [1.29, 1.82) is 0 Å². The van der Waals surface area contributed by atoms with Crippen LogP contribution in [0, 0.1) is 13.8 Å². The molecule has 8 nitrogen and oxygen atoms in total. The van der Waals surface area contributed by atoms with Crippen LogP contribution >= 0.6 is 11.6 Å². The first kappa shape index (κ1) is 20.1. The predicted octanol–water partition coefficient (Wildman–Crippen LogP) is 2.65. The Kier molecular flexibility index (Phi) is 4.79. The molecule has 1 saturated heterocycles. The van der Waals surface area contributed by atoms with Crippen LogP contribution in [0.2, 0.25) is 5.02 Å². The Morgan fingerprint density at radius 2 is 1.94 bits per heavy atom. The third-order valence-electron chi connectivity index (χ3n) is 6.33. The molecule has 1 fully saturated rings. The number of benzene rings is 1. The van der Waals surface area contributed by atoms with Crippen LogP contribution in [0.3, 0.4) is 0 Å². The zero-order valence-corrected chi connectivity index (χ0v) is 18.5. The molecular formula is C22H24ClN5O3.